The Morgan fingerprint density at radius 1 is 1.17 bits per heavy atom. The number of fused-ring (bicyclic) bond motifs is 2. The van der Waals surface area contributed by atoms with Gasteiger partial charge in [0.1, 0.15) is 0 Å². The molecule has 2 aromatic rings. The number of likely N-dealkylation sites (tertiary alicyclic amines) is 2. The fraction of sp³-hybridized carbons (Fsp3) is 0.571. The van der Waals surface area contributed by atoms with Crippen LogP contribution in [0, 0.1) is 5.92 Å². The third kappa shape index (κ3) is 3.06. The van der Waals surface area contributed by atoms with E-state index < -0.39 is 0 Å². The number of morpholine rings is 1. The monoisotopic (exact) mass is 397 g/mol. The van der Waals surface area contributed by atoms with Gasteiger partial charge in [0.05, 0.1) is 30.3 Å². The van der Waals surface area contributed by atoms with Crippen LogP contribution in [0.3, 0.4) is 0 Å². The van der Waals surface area contributed by atoms with E-state index in [1.54, 1.807) is 0 Å². The molecular formula is C21H27N5O3. The maximum absolute atomic E-state index is 13.2. The quantitative estimate of drug-likeness (QED) is 0.759. The summed E-state index contributed by atoms with van der Waals surface area (Å²) in [5.41, 5.74) is 2.51. The van der Waals surface area contributed by atoms with Crippen LogP contribution < -0.4 is 4.90 Å². The summed E-state index contributed by atoms with van der Waals surface area (Å²) < 4.78 is 7.53. The van der Waals surface area contributed by atoms with E-state index in [1.165, 1.54) is 0 Å². The highest BCUT2D eigenvalue weighted by Crippen LogP contribution is 2.32. The molecule has 0 spiro atoms. The Bertz CT molecular complexity index is 965. The van der Waals surface area contributed by atoms with Crippen LogP contribution in [-0.2, 0) is 16.6 Å². The Balaban J connectivity index is 1.39. The first-order valence-corrected chi connectivity index (χ1v) is 10.4. The second-order valence-electron chi connectivity index (χ2n) is 8.35. The van der Waals surface area contributed by atoms with E-state index in [1.807, 2.05) is 42.1 Å². The molecule has 0 N–H and O–H groups in total. The predicted octanol–water partition coefficient (Wildman–Crippen LogP) is 1.10. The number of amides is 2. The number of likely N-dealkylation sites (N-methyl/N-ethyl adjacent to an activating group) is 1. The molecule has 3 aliphatic heterocycles. The lowest BCUT2D eigenvalue weighted by Crippen LogP contribution is -2.49. The Kier molecular flexibility index (Phi) is 4.46. The normalized spacial score (nSPS) is 25.0. The number of rotatable bonds is 2. The largest absolute Gasteiger partial charge is 0.378 e. The van der Waals surface area contributed by atoms with E-state index in [9.17, 15) is 9.59 Å². The van der Waals surface area contributed by atoms with Crippen molar-refractivity contribution in [2.45, 2.75) is 18.9 Å². The van der Waals surface area contributed by atoms with Gasteiger partial charge in [-0.15, -0.1) is 0 Å². The molecule has 1 aromatic carbocycles. The van der Waals surface area contributed by atoms with Gasteiger partial charge in [-0.1, -0.05) is 0 Å². The molecular weight excluding hydrogens is 370 g/mol. The molecule has 154 valence electrons. The first-order chi connectivity index (χ1) is 14.0. The molecule has 3 aliphatic rings. The fourth-order valence-electron chi connectivity index (χ4n) is 4.94. The first-order valence-electron chi connectivity index (χ1n) is 10.4. The van der Waals surface area contributed by atoms with Gasteiger partial charge < -0.3 is 24.0 Å². The van der Waals surface area contributed by atoms with Gasteiger partial charge in [-0.3, -0.25) is 9.59 Å². The number of aromatic nitrogens is 2. The Labute approximate surface area is 170 Å². The molecule has 5 rings (SSSR count). The number of hydrogen-bond donors (Lipinski definition) is 0. The molecule has 3 saturated heterocycles. The molecule has 4 heterocycles. The van der Waals surface area contributed by atoms with E-state index >= 15 is 0 Å². The molecule has 0 bridgehead atoms. The van der Waals surface area contributed by atoms with Gasteiger partial charge in [0, 0.05) is 52.3 Å². The van der Waals surface area contributed by atoms with Crippen LogP contribution in [-0.4, -0.2) is 83.6 Å². The molecule has 3 fully saturated rings. The summed E-state index contributed by atoms with van der Waals surface area (Å²) in [7, 11) is 3.87. The van der Waals surface area contributed by atoms with Gasteiger partial charge in [0.2, 0.25) is 11.9 Å². The van der Waals surface area contributed by atoms with Crippen LogP contribution >= 0.6 is 0 Å². The van der Waals surface area contributed by atoms with E-state index in [0.29, 0.717) is 44.2 Å². The van der Waals surface area contributed by atoms with E-state index in [-0.39, 0.29) is 17.9 Å². The number of carbonyl (C=O) groups is 2. The average Bonchev–Trinajstić information content (AvgIpc) is 3.23. The fourth-order valence-corrected chi connectivity index (χ4v) is 4.94. The first kappa shape index (κ1) is 18.4. The van der Waals surface area contributed by atoms with Crippen LogP contribution in [0.5, 0.6) is 0 Å². The number of ether oxygens (including phenoxy) is 1. The van der Waals surface area contributed by atoms with Crippen molar-refractivity contribution in [3.05, 3.63) is 23.8 Å². The molecule has 8 nitrogen and oxygen atoms in total. The third-order valence-corrected chi connectivity index (χ3v) is 6.73. The number of imidazole rings is 1. The van der Waals surface area contributed by atoms with Crippen molar-refractivity contribution in [1.29, 1.82) is 0 Å². The van der Waals surface area contributed by atoms with Crippen LogP contribution in [0.2, 0.25) is 0 Å². The lowest BCUT2D eigenvalue weighted by molar-refractivity contribution is -0.127. The number of anilines is 1. The minimum Gasteiger partial charge on any atom is -0.378 e. The SMILES string of the molecule is CN1C(=O)C[C@H]2CCN(C(=O)c3ccc4c(c3)nc(N3CCOCC3)n4C)C[C@H]21. The smallest absolute Gasteiger partial charge is 0.254 e. The molecule has 29 heavy (non-hydrogen) atoms. The molecule has 2 amide bonds. The molecule has 8 heteroatoms. The highest BCUT2D eigenvalue weighted by molar-refractivity contribution is 5.98. The third-order valence-electron chi connectivity index (χ3n) is 6.73. The van der Waals surface area contributed by atoms with Gasteiger partial charge in [0.25, 0.3) is 5.91 Å². The summed E-state index contributed by atoms with van der Waals surface area (Å²) >= 11 is 0. The van der Waals surface area contributed by atoms with Gasteiger partial charge >= 0.3 is 0 Å². The summed E-state index contributed by atoms with van der Waals surface area (Å²) in [4.78, 5) is 35.9. The number of benzene rings is 1. The molecule has 0 unspecified atom stereocenters. The summed E-state index contributed by atoms with van der Waals surface area (Å²) in [6.45, 7) is 4.39. The lowest BCUT2D eigenvalue weighted by Gasteiger charge is -2.37. The molecule has 1 aromatic heterocycles. The Hall–Kier alpha value is -2.61. The molecule has 2 atom stereocenters. The Morgan fingerprint density at radius 3 is 2.76 bits per heavy atom. The number of piperidine rings is 1. The molecule has 0 saturated carbocycles. The minimum absolute atomic E-state index is 0.0247. The van der Waals surface area contributed by atoms with Crippen molar-refractivity contribution in [2.75, 3.05) is 51.3 Å². The molecule has 0 radical (unpaired) electrons. The number of hydrogen-bond acceptors (Lipinski definition) is 5. The molecule has 0 aliphatic carbocycles. The zero-order valence-corrected chi connectivity index (χ0v) is 17.0. The van der Waals surface area contributed by atoms with Gasteiger partial charge in [-0.2, -0.15) is 0 Å². The maximum Gasteiger partial charge on any atom is 0.254 e. The van der Waals surface area contributed by atoms with Crippen molar-refractivity contribution >= 4 is 28.8 Å². The summed E-state index contributed by atoms with van der Waals surface area (Å²) in [6, 6.07) is 5.92. The number of aryl methyl sites for hydroxylation is 1. The Morgan fingerprint density at radius 2 is 1.97 bits per heavy atom. The van der Waals surface area contributed by atoms with Crippen molar-refractivity contribution < 1.29 is 14.3 Å². The van der Waals surface area contributed by atoms with E-state index in [2.05, 4.69) is 9.47 Å². The van der Waals surface area contributed by atoms with Crippen LogP contribution in [0.15, 0.2) is 18.2 Å². The predicted molar refractivity (Wildman–Crippen MR) is 109 cm³/mol. The van der Waals surface area contributed by atoms with Crippen LogP contribution in [0.4, 0.5) is 5.95 Å². The van der Waals surface area contributed by atoms with E-state index in [0.717, 1.165) is 36.5 Å². The zero-order valence-electron chi connectivity index (χ0n) is 17.0. The van der Waals surface area contributed by atoms with Crippen molar-refractivity contribution in [2.24, 2.45) is 13.0 Å². The average molecular weight is 397 g/mol. The highest BCUT2D eigenvalue weighted by Gasteiger charge is 2.42. The van der Waals surface area contributed by atoms with Crippen molar-refractivity contribution in [1.82, 2.24) is 19.4 Å². The maximum atomic E-state index is 13.2. The van der Waals surface area contributed by atoms with Gasteiger partial charge in [0.15, 0.2) is 0 Å². The van der Waals surface area contributed by atoms with Crippen molar-refractivity contribution in [3.8, 4) is 0 Å². The second-order valence-corrected chi connectivity index (χ2v) is 8.35. The highest BCUT2D eigenvalue weighted by atomic mass is 16.5. The van der Waals surface area contributed by atoms with Crippen LogP contribution in [0.1, 0.15) is 23.2 Å². The summed E-state index contributed by atoms with van der Waals surface area (Å²) in [5, 5.41) is 0. The lowest BCUT2D eigenvalue weighted by atomic mass is 9.92. The topological polar surface area (TPSA) is 70.9 Å². The zero-order chi connectivity index (χ0) is 20.1. The number of nitrogens with zero attached hydrogens (tertiary/aromatic N) is 5. The van der Waals surface area contributed by atoms with Gasteiger partial charge in [-0.25, -0.2) is 4.98 Å². The summed E-state index contributed by atoms with van der Waals surface area (Å²) in [5.74, 6) is 1.52. The second kappa shape index (κ2) is 7.02. The van der Waals surface area contributed by atoms with Crippen molar-refractivity contribution in [3.63, 3.8) is 0 Å². The standard InChI is InChI=1S/C21H27N5O3/c1-23-18-13-26(6-5-14(18)12-19(23)27)20(28)15-3-4-17-16(11-15)22-21(24(17)2)25-7-9-29-10-8-25/h3-4,11,14,18H,5-10,12-13H2,1-2H3/t14-,18-/m1/s1. The van der Waals surface area contributed by atoms with Crippen LogP contribution in [0.25, 0.3) is 11.0 Å². The summed E-state index contributed by atoms with van der Waals surface area (Å²) in [6.07, 6.45) is 1.51. The van der Waals surface area contributed by atoms with E-state index in [4.69, 9.17) is 9.72 Å². The number of carbonyl (C=O) groups excluding carboxylic acids is 2. The minimum atomic E-state index is 0.0247. The van der Waals surface area contributed by atoms with Gasteiger partial charge in [-0.05, 0) is 30.5 Å².